The van der Waals surface area contributed by atoms with E-state index in [2.05, 4.69) is 20.5 Å². The summed E-state index contributed by atoms with van der Waals surface area (Å²) in [6.07, 6.45) is 0. The van der Waals surface area contributed by atoms with E-state index in [4.69, 9.17) is 0 Å². The van der Waals surface area contributed by atoms with Gasteiger partial charge in [-0.25, -0.2) is 0 Å². The normalized spacial score (nSPS) is 10.2. The van der Waals surface area contributed by atoms with Crippen molar-refractivity contribution in [1.29, 1.82) is 0 Å². The Hall–Kier alpha value is -2.57. The molecule has 0 atom stereocenters. The van der Waals surface area contributed by atoms with Crippen LogP contribution in [0.2, 0.25) is 0 Å². The molecule has 17 heavy (non-hydrogen) atoms. The third kappa shape index (κ3) is 2.17. The van der Waals surface area contributed by atoms with E-state index in [9.17, 15) is 15.0 Å². The zero-order valence-electron chi connectivity index (χ0n) is 8.93. The maximum Gasteiger partial charge on any atom is 0.261 e. The molecule has 0 unspecified atom stereocenters. The second-order valence-corrected chi connectivity index (χ2v) is 3.37. The second-order valence-electron chi connectivity index (χ2n) is 3.37. The van der Waals surface area contributed by atoms with Crippen molar-refractivity contribution in [2.24, 2.45) is 0 Å². The van der Waals surface area contributed by atoms with Gasteiger partial charge < -0.3 is 10.2 Å². The lowest BCUT2D eigenvalue weighted by Gasteiger charge is -2.04. The highest BCUT2D eigenvalue weighted by Crippen LogP contribution is 2.28. The second kappa shape index (κ2) is 4.12. The summed E-state index contributed by atoms with van der Waals surface area (Å²) in [6.45, 7) is 1.69. The third-order valence-corrected chi connectivity index (χ3v) is 2.08. The van der Waals surface area contributed by atoms with Crippen molar-refractivity contribution in [3.05, 3.63) is 29.6 Å². The molecule has 1 aromatic heterocycles. The molecule has 0 aliphatic carbocycles. The van der Waals surface area contributed by atoms with Gasteiger partial charge >= 0.3 is 0 Å². The van der Waals surface area contributed by atoms with Gasteiger partial charge in [0.2, 0.25) is 5.95 Å². The number of phenolic OH excluding ortho intramolecular Hbond substituents is 2. The number of amides is 1. The van der Waals surface area contributed by atoms with Gasteiger partial charge in [-0.2, -0.15) is 4.98 Å². The van der Waals surface area contributed by atoms with Crippen molar-refractivity contribution in [2.45, 2.75) is 6.92 Å². The summed E-state index contributed by atoms with van der Waals surface area (Å²) in [7, 11) is 0. The van der Waals surface area contributed by atoms with E-state index in [0.717, 1.165) is 0 Å². The summed E-state index contributed by atoms with van der Waals surface area (Å²) in [5.74, 6) is -0.769. The molecule has 0 aliphatic rings. The van der Waals surface area contributed by atoms with Crippen LogP contribution in [0.3, 0.4) is 0 Å². The van der Waals surface area contributed by atoms with Crippen molar-refractivity contribution in [3.63, 3.8) is 0 Å². The van der Waals surface area contributed by atoms with Crippen molar-refractivity contribution >= 4 is 11.9 Å². The molecular formula is C10H10N4O3. The van der Waals surface area contributed by atoms with Gasteiger partial charge in [-0.3, -0.25) is 15.2 Å². The summed E-state index contributed by atoms with van der Waals surface area (Å²) >= 11 is 0. The van der Waals surface area contributed by atoms with E-state index in [1.54, 1.807) is 6.92 Å². The molecule has 0 spiro atoms. The summed E-state index contributed by atoms with van der Waals surface area (Å²) in [6, 6.07) is 4.11. The molecule has 0 saturated heterocycles. The summed E-state index contributed by atoms with van der Waals surface area (Å²) < 4.78 is 0. The molecule has 2 aromatic rings. The van der Waals surface area contributed by atoms with Crippen molar-refractivity contribution in [3.8, 4) is 11.5 Å². The van der Waals surface area contributed by atoms with Gasteiger partial charge in [0.1, 0.15) is 5.82 Å². The average Bonchev–Trinajstić information content (AvgIpc) is 2.68. The lowest BCUT2D eigenvalue weighted by atomic mass is 10.2. The van der Waals surface area contributed by atoms with Crippen LogP contribution in [0, 0.1) is 6.92 Å². The number of aromatic nitrogens is 3. The Balaban J connectivity index is 2.23. The zero-order chi connectivity index (χ0) is 12.4. The summed E-state index contributed by atoms with van der Waals surface area (Å²) in [4.78, 5) is 15.6. The topological polar surface area (TPSA) is 111 Å². The molecule has 2 rings (SSSR count). The fourth-order valence-electron chi connectivity index (χ4n) is 1.28. The largest absolute Gasteiger partial charge is 0.504 e. The first-order valence-corrected chi connectivity index (χ1v) is 4.79. The molecule has 7 heteroatoms. The zero-order valence-corrected chi connectivity index (χ0v) is 8.93. The standard InChI is InChI=1S/C10H10N4O3/c1-5-11-10(14-13-5)12-9(17)6-3-2-4-7(15)8(6)16/h2-4,15-16H,1H3,(H2,11,12,13,14,17). The van der Waals surface area contributed by atoms with E-state index in [1.807, 2.05) is 0 Å². The highest BCUT2D eigenvalue weighted by molar-refractivity contribution is 6.05. The van der Waals surface area contributed by atoms with E-state index in [-0.39, 0.29) is 17.3 Å². The fraction of sp³-hybridized carbons (Fsp3) is 0.100. The maximum absolute atomic E-state index is 11.7. The number of anilines is 1. The number of phenols is 2. The third-order valence-electron chi connectivity index (χ3n) is 2.08. The molecule has 0 fully saturated rings. The van der Waals surface area contributed by atoms with Crippen LogP contribution >= 0.6 is 0 Å². The van der Waals surface area contributed by atoms with E-state index in [1.165, 1.54) is 18.2 Å². The highest BCUT2D eigenvalue weighted by Gasteiger charge is 2.15. The number of rotatable bonds is 2. The van der Waals surface area contributed by atoms with Crippen LogP contribution in [0.15, 0.2) is 18.2 Å². The smallest absolute Gasteiger partial charge is 0.261 e. The maximum atomic E-state index is 11.7. The number of carbonyl (C=O) groups excluding carboxylic acids is 1. The molecule has 4 N–H and O–H groups in total. The molecule has 0 saturated carbocycles. The first-order valence-electron chi connectivity index (χ1n) is 4.79. The number of nitrogens with one attached hydrogen (secondary N) is 2. The lowest BCUT2D eigenvalue weighted by molar-refractivity contribution is 0.102. The Labute approximate surface area is 96.1 Å². The Morgan fingerprint density at radius 3 is 2.82 bits per heavy atom. The Bertz CT molecular complexity index is 564. The first-order chi connectivity index (χ1) is 8.08. The van der Waals surface area contributed by atoms with E-state index in [0.29, 0.717) is 5.82 Å². The van der Waals surface area contributed by atoms with Crippen LogP contribution in [0.5, 0.6) is 11.5 Å². The van der Waals surface area contributed by atoms with E-state index < -0.39 is 11.7 Å². The molecular weight excluding hydrogens is 224 g/mol. The molecule has 0 radical (unpaired) electrons. The molecule has 7 nitrogen and oxygen atoms in total. The van der Waals surface area contributed by atoms with Gasteiger partial charge in [-0.1, -0.05) is 6.07 Å². The predicted molar refractivity (Wildman–Crippen MR) is 58.8 cm³/mol. The van der Waals surface area contributed by atoms with Gasteiger partial charge in [0.15, 0.2) is 11.5 Å². The van der Waals surface area contributed by atoms with Gasteiger partial charge in [-0.05, 0) is 19.1 Å². The SMILES string of the molecule is Cc1nc(NC(=O)c2cccc(O)c2O)n[nH]1. The van der Waals surface area contributed by atoms with E-state index >= 15 is 0 Å². The predicted octanol–water partition coefficient (Wildman–Crippen LogP) is 0.777. The minimum absolute atomic E-state index is 0.0487. The first kappa shape index (κ1) is 10.9. The van der Waals surface area contributed by atoms with Crippen molar-refractivity contribution < 1.29 is 15.0 Å². The minimum Gasteiger partial charge on any atom is -0.504 e. The van der Waals surface area contributed by atoms with Crippen molar-refractivity contribution in [2.75, 3.05) is 5.32 Å². The van der Waals surface area contributed by atoms with Gasteiger partial charge in [0.05, 0.1) is 5.56 Å². The highest BCUT2D eigenvalue weighted by atomic mass is 16.3. The van der Waals surface area contributed by atoms with Crippen LogP contribution in [0.25, 0.3) is 0 Å². The van der Waals surface area contributed by atoms with Crippen LogP contribution in [0.4, 0.5) is 5.95 Å². The summed E-state index contributed by atoms with van der Waals surface area (Å²) in [5, 5.41) is 27.4. The number of benzene rings is 1. The number of aryl methyl sites for hydroxylation is 1. The molecule has 1 amide bonds. The molecule has 1 aromatic carbocycles. The van der Waals surface area contributed by atoms with Gasteiger partial charge in [-0.15, -0.1) is 5.10 Å². The quantitative estimate of drug-likeness (QED) is 0.574. The number of aromatic amines is 1. The Morgan fingerprint density at radius 1 is 1.41 bits per heavy atom. The molecule has 88 valence electrons. The summed E-state index contributed by atoms with van der Waals surface area (Å²) in [5.41, 5.74) is -0.0487. The van der Waals surface area contributed by atoms with Crippen LogP contribution in [-0.4, -0.2) is 31.3 Å². The van der Waals surface area contributed by atoms with Gasteiger partial charge in [0, 0.05) is 0 Å². The van der Waals surface area contributed by atoms with Crippen LogP contribution in [0.1, 0.15) is 16.2 Å². The minimum atomic E-state index is -0.600. The number of hydrogen-bond donors (Lipinski definition) is 4. The molecule has 1 heterocycles. The van der Waals surface area contributed by atoms with Crippen molar-refractivity contribution in [1.82, 2.24) is 15.2 Å². The number of para-hydroxylation sites is 1. The average molecular weight is 234 g/mol. The van der Waals surface area contributed by atoms with Gasteiger partial charge in [0.25, 0.3) is 5.91 Å². The number of H-pyrrole nitrogens is 1. The monoisotopic (exact) mass is 234 g/mol. The number of nitrogens with zero attached hydrogens (tertiary/aromatic N) is 2. The van der Waals surface area contributed by atoms with Crippen LogP contribution < -0.4 is 5.32 Å². The number of carbonyl (C=O) groups is 1. The lowest BCUT2D eigenvalue weighted by Crippen LogP contribution is -2.13. The molecule has 0 bridgehead atoms. The Kier molecular flexibility index (Phi) is 2.65. The van der Waals surface area contributed by atoms with Crippen LogP contribution in [-0.2, 0) is 0 Å². The fourth-order valence-corrected chi connectivity index (χ4v) is 1.28. The molecule has 0 aliphatic heterocycles. The Morgan fingerprint density at radius 2 is 2.18 bits per heavy atom. The number of aromatic hydroxyl groups is 2. The number of hydrogen-bond acceptors (Lipinski definition) is 5.